The van der Waals surface area contributed by atoms with Crippen molar-refractivity contribution >= 4 is 22.9 Å². The van der Waals surface area contributed by atoms with Crippen molar-refractivity contribution in [3.63, 3.8) is 0 Å². The highest BCUT2D eigenvalue weighted by Crippen LogP contribution is 2.46. The van der Waals surface area contributed by atoms with E-state index >= 15 is 4.39 Å². The van der Waals surface area contributed by atoms with Gasteiger partial charge in [0.25, 0.3) is 0 Å². The molecule has 0 radical (unpaired) electrons. The number of hydrogen-bond acceptors (Lipinski definition) is 5. The van der Waals surface area contributed by atoms with Crippen LogP contribution in [0.15, 0.2) is 36.5 Å². The van der Waals surface area contributed by atoms with Gasteiger partial charge in [-0.25, -0.2) is 14.4 Å². The van der Waals surface area contributed by atoms with Crippen molar-refractivity contribution in [2.75, 3.05) is 11.1 Å². The number of anilines is 2. The molecule has 0 atom stereocenters. The fourth-order valence-corrected chi connectivity index (χ4v) is 3.95. The summed E-state index contributed by atoms with van der Waals surface area (Å²) in [5, 5.41) is 12.4. The maximum absolute atomic E-state index is 15.3. The Balaban J connectivity index is 1.89. The van der Waals surface area contributed by atoms with Gasteiger partial charge in [0.15, 0.2) is 5.75 Å². The number of nitrogens with one attached hydrogen (secondary N) is 1. The van der Waals surface area contributed by atoms with Gasteiger partial charge in [-0.15, -0.1) is 0 Å². The smallest absolute Gasteiger partial charge is 0.420 e. The fraction of sp³-hybridized carbons (Fsp3) is 0.174. The number of phenols is 1. The molecule has 0 aliphatic heterocycles. The third-order valence-electron chi connectivity index (χ3n) is 5.34. The zero-order valence-electron chi connectivity index (χ0n) is 18.3. The second-order valence-electron chi connectivity index (χ2n) is 7.73. The second-order valence-corrected chi connectivity index (χ2v) is 7.73. The zero-order chi connectivity index (χ0) is 24.9. The van der Waals surface area contributed by atoms with Crippen LogP contribution in [-0.2, 0) is 11.0 Å². The number of carbonyl (C=O) groups excluding carboxylic acids is 1. The van der Waals surface area contributed by atoms with Crippen LogP contribution in [0, 0.1) is 19.7 Å². The summed E-state index contributed by atoms with van der Waals surface area (Å²) in [6.45, 7) is 4.59. The van der Waals surface area contributed by atoms with E-state index in [1.54, 1.807) is 24.4 Å². The average Bonchev–Trinajstić information content (AvgIpc) is 3.09. The molecule has 2 heterocycles. The lowest BCUT2D eigenvalue weighted by atomic mass is 9.95. The number of nitrogens with zero attached hydrogens (tertiary/aromatic N) is 3. The van der Waals surface area contributed by atoms with Crippen molar-refractivity contribution < 1.29 is 27.5 Å². The van der Waals surface area contributed by atoms with E-state index in [1.165, 1.54) is 12.1 Å². The number of alkyl halides is 3. The molecule has 176 valence electrons. The Hall–Kier alpha value is -4.15. The third kappa shape index (κ3) is 3.78. The van der Waals surface area contributed by atoms with E-state index in [9.17, 15) is 23.1 Å². The number of amides is 1. The molecule has 4 N–H and O–H groups in total. The summed E-state index contributed by atoms with van der Waals surface area (Å²) in [4.78, 5) is 19.8. The molecule has 11 heteroatoms. The number of halogens is 4. The highest BCUT2D eigenvalue weighted by Gasteiger charge is 2.38. The molecule has 4 rings (SSSR count). The largest absolute Gasteiger partial charge is 0.505 e. The van der Waals surface area contributed by atoms with Crippen LogP contribution < -0.4 is 11.1 Å². The SMILES string of the molecule is CC(=O)Nc1ccc(-c2ccc(-c3nc(C)n4c(C)cnc(N)c34)c(F)c2)c(C(F)(F)F)c1O. The molecule has 0 aliphatic rings. The molecule has 0 fully saturated rings. The number of fused-ring (bicyclic) bond motifs is 1. The van der Waals surface area contributed by atoms with Gasteiger partial charge in [0.05, 0.1) is 5.69 Å². The predicted molar refractivity (Wildman–Crippen MR) is 119 cm³/mol. The van der Waals surface area contributed by atoms with E-state index in [4.69, 9.17) is 5.73 Å². The monoisotopic (exact) mass is 473 g/mol. The van der Waals surface area contributed by atoms with Crippen LogP contribution in [0.4, 0.5) is 29.1 Å². The van der Waals surface area contributed by atoms with Crippen LogP contribution in [0.2, 0.25) is 0 Å². The molecule has 0 saturated carbocycles. The van der Waals surface area contributed by atoms with Crippen LogP contribution >= 0.6 is 0 Å². The van der Waals surface area contributed by atoms with Crippen LogP contribution in [0.25, 0.3) is 27.9 Å². The topological polar surface area (TPSA) is 106 Å². The average molecular weight is 473 g/mol. The fourth-order valence-electron chi connectivity index (χ4n) is 3.95. The van der Waals surface area contributed by atoms with Gasteiger partial charge in [0.1, 0.15) is 34.2 Å². The first-order valence-corrected chi connectivity index (χ1v) is 10.0. The number of hydrogen-bond donors (Lipinski definition) is 3. The van der Waals surface area contributed by atoms with Crippen molar-refractivity contribution in [3.05, 3.63) is 59.4 Å². The maximum atomic E-state index is 15.3. The highest BCUT2D eigenvalue weighted by atomic mass is 19.4. The Labute approximate surface area is 190 Å². The van der Waals surface area contributed by atoms with Crippen molar-refractivity contribution in [3.8, 4) is 28.1 Å². The number of carbonyl (C=O) groups is 1. The van der Waals surface area contributed by atoms with E-state index in [1.807, 2.05) is 0 Å². The van der Waals surface area contributed by atoms with Crippen molar-refractivity contribution in [2.45, 2.75) is 26.9 Å². The normalized spacial score (nSPS) is 11.7. The van der Waals surface area contributed by atoms with Gasteiger partial charge in [-0.3, -0.25) is 9.20 Å². The van der Waals surface area contributed by atoms with Gasteiger partial charge in [-0.1, -0.05) is 12.1 Å². The minimum Gasteiger partial charge on any atom is -0.505 e. The van der Waals surface area contributed by atoms with Crippen molar-refractivity contribution in [1.82, 2.24) is 14.4 Å². The quantitative estimate of drug-likeness (QED) is 0.284. The summed E-state index contributed by atoms with van der Waals surface area (Å²) in [5.74, 6) is -1.98. The summed E-state index contributed by atoms with van der Waals surface area (Å²) in [6, 6.07) is 5.70. The molecular formula is C23H19F4N5O2. The Morgan fingerprint density at radius 2 is 1.82 bits per heavy atom. The number of benzene rings is 2. The minimum atomic E-state index is -4.97. The Morgan fingerprint density at radius 1 is 1.15 bits per heavy atom. The first kappa shape index (κ1) is 23.0. The summed E-state index contributed by atoms with van der Waals surface area (Å²) in [6.07, 6.45) is -3.42. The third-order valence-corrected chi connectivity index (χ3v) is 5.34. The van der Waals surface area contributed by atoms with Gasteiger partial charge in [-0.05, 0) is 43.2 Å². The number of aromatic hydroxyl groups is 1. The molecule has 7 nitrogen and oxygen atoms in total. The van der Waals surface area contributed by atoms with E-state index in [-0.39, 0.29) is 22.6 Å². The molecule has 0 bridgehead atoms. The van der Waals surface area contributed by atoms with Crippen LogP contribution in [0.5, 0.6) is 5.75 Å². The number of imidazole rings is 1. The lowest BCUT2D eigenvalue weighted by Crippen LogP contribution is -2.12. The number of nitrogens with two attached hydrogens (primary N) is 1. The highest BCUT2D eigenvalue weighted by molar-refractivity contribution is 5.92. The zero-order valence-corrected chi connectivity index (χ0v) is 18.3. The number of rotatable bonds is 3. The molecule has 34 heavy (non-hydrogen) atoms. The number of aromatic nitrogens is 3. The summed E-state index contributed by atoms with van der Waals surface area (Å²) in [5.41, 5.74) is 4.98. The molecule has 1 amide bonds. The predicted octanol–water partition coefficient (Wildman–Crippen LogP) is 5.08. The van der Waals surface area contributed by atoms with Crippen LogP contribution in [0.1, 0.15) is 24.0 Å². The first-order valence-electron chi connectivity index (χ1n) is 10.0. The molecule has 0 aliphatic carbocycles. The molecule has 0 unspecified atom stereocenters. The van der Waals surface area contributed by atoms with Gasteiger partial charge < -0.3 is 16.2 Å². The van der Waals surface area contributed by atoms with E-state index < -0.39 is 40.5 Å². The van der Waals surface area contributed by atoms with Crippen LogP contribution in [-0.4, -0.2) is 25.4 Å². The molecular weight excluding hydrogens is 454 g/mol. The van der Waals surface area contributed by atoms with Gasteiger partial charge >= 0.3 is 6.18 Å². The first-order chi connectivity index (χ1) is 15.9. The molecule has 0 spiro atoms. The molecule has 2 aromatic heterocycles. The van der Waals surface area contributed by atoms with E-state index in [0.717, 1.165) is 30.8 Å². The van der Waals surface area contributed by atoms with Crippen LogP contribution in [0.3, 0.4) is 0 Å². The van der Waals surface area contributed by atoms with E-state index in [2.05, 4.69) is 15.3 Å². The second kappa shape index (κ2) is 8.01. The Kier molecular flexibility index (Phi) is 5.42. The van der Waals surface area contributed by atoms with Gasteiger partial charge in [0.2, 0.25) is 5.91 Å². The molecule has 0 saturated heterocycles. The molecule has 2 aromatic carbocycles. The standard InChI is InChI=1S/C23H19F4N5O2/c1-10-9-29-22(28)20-19(30-11(2)32(10)20)15-5-4-13(8-16(15)24)14-6-7-17(31-12(3)33)21(34)18(14)23(25,26)27/h4-9,34H,1-3H3,(H2,28,29)(H,31,33). The van der Waals surface area contributed by atoms with Crippen molar-refractivity contribution in [1.29, 1.82) is 0 Å². The lowest BCUT2D eigenvalue weighted by molar-refractivity contribution is -0.138. The Morgan fingerprint density at radius 3 is 2.44 bits per heavy atom. The van der Waals surface area contributed by atoms with Crippen molar-refractivity contribution in [2.24, 2.45) is 0 Å². The molecule has 4 aromatic rings. The summed E-state index contributed by atoms with van der Waals surface area (Å²) < 4.78 is 58.4. The maximum Gasteiger partial charge on any atom is 0.420 e. The van der Waals surface area contributed by atoms with Gasteiger partial charge in [-0.2, -0.15) is 13.2 Å². The van der Waals surface area contributed by atoms with Gasteiger partial charge in [0, 0.05) is 24.4 Å². The van der Waals surface area contributed by atoms with E-state index in [0.29, 0.717) is 11.3 Å². The Bertz CT molecular complexity index is 1460. The number of nitrogen functional groups attached to an aromatic ring is 1. The summed E-state index contributed by atoms with van der Waals surface area (Å²) in [7, 11) is 0. The summed E-state index contributed by atoms with van der Waals surface area (Å²) >= 11 is 0. The number of aryl methyl sites for hydroxylation is 2. The minimum absolute atomic E-state index is 0.0288. The lowest BCUT2D eigenvalue weighted by Gasteiger charge is -2.18. The number of phenolic OH excluding ortho intramolecular Hbond substituents is 1.